The maximum atomic E-state index is 13.2. The van der Waals surface area contributed by atoms with Gasteiger partial charge in [-0.1, -0.05) is 36.4 Å². The Hall–Kier alpha value is -3.27. The van der Waals surface area contributed by atoms with E-state index in [4.69, 9.17) is 4.74 Å². The molecule has 0 fully saturated rings. The van der Waals surface area contributed by atoms with Crippen LogP contribution < -0.4 is 15.0 Å². The molecule has 3 aromatic carbocycles. The van der Waals surface area contributed by atoms with Gasteiger partial charge in [-0.2, -0.15) is 0 Å². The highest BCUT2D eigenvalue weighted by atomic mass is 16.5. The lowest BCUT2D eigenvalue weighted by atomic mass is 9.91. The minimum Gasteiger partial charge on any atom is -0.497 e. The number of hydrogen-bond donors (Lipinski definition) is 1. The summed E-state index contributed by atoms with van der Waals surface area (Å²) in [6, 6.07) is 23.8. The molecule has 0 spiro atoms. The molecule has 1 heterocycles. The first-order valence-corrected chi connectivity index (χ1v) is 9.03. The average Bonchev–Trinajstić information content (AvgIpc) is 2.84. The van der Waals surface area contributed by atoms with Crippen molar-refractivity contribution in [3.05, 3.63) is 83.9 Å². The number of carbonyl (C=O) groups excluding carboxylic acids is 1. The average molecular weight is 358 g/mol. The van der Waals surface area contributed by atoms with Crippen LogP contribution >= 0.6 is 0 Å². The van der Waals surface area contributed by atoms with Gasteiger partial charge in [0, 0.05) is 24.1 Å². The first-order valence-electron chi connectivity index (χ1n) is 9.03. The van der Waals surface area contributed by atoms with Crippen molar-refractivity contribution in [2.45, 2.75) is 12.3 Å². The molecule has 3 aromatic rings. The van der Waals surface area contributed by atoms with Crippen LogP contribution in [0.15, 0.2) is 72.8 Å². The summed E-state index contributed by atoms with van der Waals surface area (Å²) in [5, 5.41) is 3.06. The third kappa shape index (κ3) is 3.26. The van der Waals surface area contributed by atoms with Crippen molar-refractivity contribution in [3.8, 4) is 5.75 Å². The maximum Gasteiger partial charge on any atom is 0.232 e. The van der Waals surface area contributed by atoms with Crippen molar-refractivity contribution < 1.29 is 9.53 Å². The Morgan fingerprint density at radius 2 is 1.63 bits per heavy atom. The van der Waals surface area contributed by atoms with E-state index in [1.54, 1.807) is 7.11 Å². The minimum absolute atomic E-state index is 0.00211. The Kier molecular flexibility index (Phi) is 4.55. The number of amides is 1. The summed E-state index contributed by atoms with van der Waals surface area (Å²) in [5.74, 6) is 0.510. The number of fused-ring (bicyclic) bond motifs is 2. The Morgan fingerprint density at radius 3 is 2.37 bits per heavy atom. The van der Waals surface area contributed by atoms with Gasteiger partial charge in [0.1, 0.15) is 5.75 Å². The summed E-state index contributed by atoms with van der Waals surface area (Å²) in [5.41, 5.74) is 5.19. The van der Waals surface area contributed by atoms with E-state index in [9.17, 15) is 4.79 Å². The van der Waals surface area contributed by atoms with Gasteiger partial charge in [0.05, 0.1) is 13.0 Å². The topological polar surface area (TPSA) is 41.6 Å². The molecule has 27 heavy (non-hydrogen) atoms. The van der Waals surface area contributed by atoms with Crippen LogP contribution in [0.1, 0.15) is 17.0 Å². The van der Waals surface area contributed by atoms with E-state index in [-0.39, 0.29) is 11.8 Å². The van der Waals surface area contributed by atoms with Crippen LogP contribution in [0.5, 0.6) is 5.75 Å². The van der Waals surface area contributed by atoms with E-state index in [0.29, 0.717) is 6.42 Å². The van der Waals surface area contributed by atoms with Crippen molar-refractivity contribution in [2.24, 2.45) is 0 Å². The van der Waals surface area contributed by atoms with E-state index in [2.05, 4.69) is 41.5 Å². The summed E-state index contributed by atoms with van der Waals surface area (Å²) in [7, 11) is 3.69. The molecule has 0 bridgehead atoms. The number of hydrogen-bond acceptors (Lipinski definition) is 3. The second-order valence-corrected chi connectivity index (χ2v) is 6.72. The highest BCUT2D eigenvalue weighted by Gasteiger charge is 2.29. The molecule has 0 aromatic heterocycles. The van der Waals surface area contributed by atoms with Gasteiger partial charge in [-0.3, -0.25) is 4.79 Å². The third-order valence-electron chi connectivity index (χ3n) is 5.12. The van der Waals surface area contributed by atoms with E-state index in [0.717, 1.165) is 28.4 Å². The van der Waals surface area contributed by atoms with E-state index >= 15 is 0 Å². The van der Waals surface area contributed by atoms with E-state index in [1.807, 2.05) is 48.5 Å². The molecule has 4 nitrogen and oxygen atoms in total. The first-order chi connectivity index (χ1) is 13.2. The fraction of sp³-hybridized carbons (Fsp3) is 0.174. The number of para-hydroxylation sites is 2. The number of carbonyl (C=O) groups is 1. The summed E-state index contributed by atoms with van der Waals surface area (Å²) in [6.45, 7) is 0. The Morgan fingerprint density at radius 1 is 0.963 bits per heavy atom. The Labute approximate surface area is 159 Å². The van der Waals surface area contributed by atoms with Crippen LogP contribution in [0.2, 0.25) is 0 Å². The molecule has 1 aliphatic heterocycles. The third-order valence-corrected chi connectivity index (χ3v) is 5.12. The summed E-state index contributed by atoms with van der Waals surface area (Å²) in [4.78, 5) is 15.4. The molecular weight excluding hydrogens is 336 g/mol. The van der Waals surface area contributed by atoms with Gasteiger partial charge < -0.3 is 15.0 Å². The van der Waals surface area contributed by atoms with Crippen LogP contribution in [-0.4, -0.2) is 20.1 Å². The normalized spacial score (nSPS) is 15.3. The molecule has 1 unspecified atom stereocenters. The highest BCUT2D eigenvalue weighted by Crippen LogP contribution is 2.40. The smallest absolute Gasteiger partial charge is 0.232 e. The van der Waals surface area contributed by atoms with E-state index in [1.165, 1.54) is 5.56 Å². The van der Waals surface area contributed by atoms with E-state index < -0.39 is 0 Å². The Balaban J connectivity index is 1.70. The highest BCUT2D eigenvalue weighted by molar-refractivity contribution is 5.98. The fourth-order valence-electron chi connectivity index (χ4n) is 3.70. The molecule has 1 aliphatic rings. The van der Waals surface area contributed by atoms with Crippen LogP contribution in [0.3, 0.4) is 0 Å². The summed E-state index contributed by atoms with van der Waals surface area (Å²) < 4.78 is 5.19. The molecule has 0 radical (unpaired) electrons. The largest absolute Gasteiger partial charge is 0.497 e. The standard InChI is InChI=1S/C23H22N2O2/c1-25-21-9-5-3-7-16(21)15-20(19-8-4-6-10-22(19)25)23(26)24-17-11-13-18(27-2)14-12-17/h3-14,20H,15H2,1-2H3,(H,24,26). The zero-order valence-electron chi connectivity index (χ0n) is 15.5. The quantitative estimate of drug-likeness (QED) is 0.735. The van der Waals surface area contributed by atoms with Gasteiger partial charge in [0.25, 0.3) is 0 Å². The SMILES string of the molecule is COc1ccc(NC(=O)C2Cc3ccccc3N(C)c3ccccc32)cc1. The van der Waals surface area contributed by atoms with Gasteiger partial charge in [-0.15, -0.1) is 0 Å². The number of anilines is 3. The molecule has 0 aliphatic carbocycles. The summed E-state index contributed by atoms with van der Waals surface area (Å²) >= 11 is 0. The zero-order chi connectivity index (χ0) is 18.8. The zero-order valence-corrected chi connectivity index (χ0v) is 15.5. The van der Waals surface area contributed by atoms with Gasteiger partial charge in [0.2, 0.25) is 5.91 Å². The number of nitrogens with one attached hydrogen (secondary N) is 1. The van der Waals surface area contributed by atoms with Gasteiger partial charge in [0.15, 0.2) is 0 Å². The fourth-order valence-corrected chi connectivity index (χ4v) is 3.70. The van der Waals surface area contributed by atoms with Gasteiger partial charge in [-0.05, 0) is 53.9 Å². The number of rotatable bonds is 3. The van der Waals surface area contributed by atoms with Crippen LogP contribution in [0, 0.1) is 0 Å². The van der Waals surface area contributed by atoms with Gasteiger partial charge in [-0.25, -0.2) is 0 Å². The first kappa shape index (κ1) is 17.2. The van der Waals surface area contributed by atoms with Gasteiger partial charge >= 0.3 is 0 Å². The predicted molar refractivity (Wildman–Crippen MR) is 109 cm³/mol. The van der Waals surface area contributed by atoms with Crippen molar-refractivity contribution in [1.82, 2.24) is 0 Å². The second-order valence-electron chi connectivity index (χ2n) is 6.72. The lowest BCUT2D eigenvalue weighted by Crippen LogP contribution is -2.23. The lowest BCUT2D eigenvalue weighted by Gasteiger charge is -2.22. The van der Waals surface area contributed by atoms with Crippen LogP contribution in [0.4, 0.5) is 17.1 Å². The van der Waals surface area contributed by atoms with Crippen molar-refractivity contribution in [2.75, 3.05) is 24.4 Å². The molecule has 0 saturated carbocycles. The molecule has 4 heteroatoms. The minimum atomic E-state index is -0.255. The Bertz CT molecular complexity index is 966. The summed E-state index contributed by atoms with van der Waals surface area (Å²) in [6.07, 6.45) is 0.666. The number of benzene rings is 3. The number of nitrogens with zero attached hydrogens (tertiary/aromatic N) is 1. The molecule has 136 valence electrons. The van der Waals surface area contributed by atoms with Crippen LogP contribution in [-0.2, 0) is 11.2 Å². The molecular formula is C23H22N2O2. The maximum absolute atomic E-state index is 13.2. The molecule has 1 atom stereocenters. The molecule has 4 rings (SSSR count). The molecule has 1 amide bonds. The molecule has 0 saturated heterocycles. The lowest BCUT2D eigenvalue weighted by molar-refractivity contribution is -0.117. The van der Waals surface area contributed by atoms with Crippen molar-refractivity contribution >= 4 is 23.0 Å². The van der Waals surface area contributed by atoms with Crippen molar-refractivity contribution in [3.63, 3.8) is 0 Å². The van der Waals surface area contributed by atoms with Crippen LogP contribution in [0.25, 0.3) is 0 Å². The number of methoxy groups -OCH3 is 1. The molecule has 1 N–H and O–H groups in total. The van der Waals surface area contributed by atoms with Crippen molar-refractivity contribution in [1.29, 1.82) is 0 Å². The second kappa shape index (κ2) is 7.16. The predicted octanol–water partition coefficient (Wildman–Crippen LogP) is 4.74. The monoisotopic (exact) mass is 358 g/mol. The number of ether oxygens (including phenoxy) is 1.